The Balaban J connectivity index is 1.94. The first kappa shape index (κ1) is 13.0. The van der Waals surface area contributed by atoms with Gasteiger partial charge in [-0.15, -0.1) is 5.10 Å². The lowest BCUT2D eigenvalue weighted by molar-refractivity contribution is -0.117. The maximum Gasteiger partial charge on any atom is 0.250 e. The van der Waals surface area contributed by atoms with Gasteiger partial charge in [-0.2, -0.15) is 9.90 Å². The number of carbonyl (C=O) groups excluding carboxylic acids is 1. The molecule has 3 N–H and O–H groups in total. The largest absolute Gasteiger partial charge is 0.331 e. The minimum absolute atomic E-state index is 0.0494. The number of anilines is 2. The van der Waals surface area contributed by atoms with Gasteiger partial charge in [0.2, 0.25) is 21.9 Å². The van der Waals surface area contributed by atoms with E-state index in [9.17, 15) is 13.2 Å². The van der Waals surface area contributed by atoms with Crippen LogP contribution in [0.3, 0.4) is 0 Å². The average Bonchev–Trinajstić information content (AvgIpc) is 2.88. The third-order valence-corrected chi connectivity index (χ3v) is 2.45. The van der Waals surface area contributed by atoms with Crippen LogP contribution in [-0.4, -0.2) is 45.5 Å². The quantitative estimate of drug-likeness (QED) is 0.645. The molecule has 10 nitrogen and oxygen atoms in total. The van der Waals surface area contributed by atoms with Crippen LogP contribution in [0.15, 0.2) is 18.6 Å². The molecule has 0 unspecified atom stereocenters. The van der Waals surface area contributed by atoms with Crippen LogP contribution in [0.25, 0.3) is 0 Å². The van der Waals surface area contributed by atoms with Crippen molar-refractivity contribution in [2.24, 2.45) is 0 Å². The van der Waals surface area contributed by atoms with Crippen LogP contribution in [0.4, 0.5) is 11.8 Å². The molecule has 102 valence electrons. The Labute approximate surface area is 108 Å². The molecule has 2 aromatic rings. The smallest absolute Gasteiger partial charge is 0.250 e. The molecule has 0 aromatic carbocycles. The second-order valence-electron chi connectivity index (χ2n) is 3.62. The summed E-state index contributed by atoms with van der Waals surface area (Å²) < 4.78 is 24.1. The maximum atomic E-state index is 11.6. The topological polar surface area (TPSA) is 135 Å². The summed E-state index contributed by atoms with van der Waals surface area (Å²) in [5.74, 6) is -0.0311. The van der Waals surface area contributed by atoms with Crippen LogP contribution < -0.4 is 10.0 Å². The van der Waals surface area contributed by atoms with Crippen molar-refractivity contribution in [1.29, 1.82) is 0 Å². The van der Waals surface area contributed by atoms with E-state index in [2.05, 4.69) is 30.2 Å². The van der Waals surface area contributed by atoms with Crippen molar-refractivity contribution in [3.63, 3.8) is 0 Å². The third-order valence-electron chi connectivity index (χ3n) is 1.87. The molecule has 19 heavy (non-hydrogen) atoms. The number of rotatable bonds is 5. The number of hydrogen-bond acceptors (Lipinski definition) is 6. The van der Waals surface area contributed by atoms with Crippen LogP contribution in [0.2, 0.25) is 0 Å². The Morgan fingerprint density at radius 3 is 2.95 bits per heavy atom. The number of aromatic amines is 1. The Bertz CT molecular complexity index is 660. The molecule has 0 bridgehead atoms. The van der Waals surface area contributed by atoms with Gasteiger partial charge in [-0.1, -0.05) is 0 Å². The summed E-state index contributed by atoms with van der Waals surface area (Å²) in [7, 11) is -3.41. The minimum atomic E-state index is -3.41. The molecule has 2 rings (SSSR count). The number of sulfonamides is 1. The van der Waals surface area contributed by atoms with Crippen molar-refractivity contribution in [2.45, 2.75) is 6.54 Å². The van der Waals surface area contributed by atoms with E-state index in [4.69, 9.17) is 0 Å². The Kier molecular flexibility index (Phi) is 3.46. The van der Waals surface area contributed by atoms with Crippen molar-refractivity contribution in [3.8, 4) is 0 Å². The van der Waals surface area contributed by atoms with Gasteiger partial charge in [0.1, 0.15) is 6.54 Å². The zero-order chi connectivity index (χ0) is 13.9. The van der Waals surface area contributed by atoms with E-state index in [1.807, 2.05) is 0 Å². The molecule has 2 heterocycles. The summed E-state index contributed by atoms with van der Waals surface area (Å²) in [6.07, 6.45) is 5.27. The zero-order valence-corrected chi connectivity index (χ0v) is 10.7. The van der Waals surface area contributed by atoms with Gasteiger partial charge in [0, 0.05) is 12.4 Å². The first-order valence-corrected chi connectivity index (χ1v) is 6.99. The van der Waals surface area contributed by atoms with Crippen molar-refractivity contribution in [2.75, 3.05) is 16.3 Å². The first-order valence-electron chi connectivity index (χ1n) is 5.09. The van der Waals surface area contributed by atoms with E-state index < -0.39 is 15.9 Å². The molecule has 2 aromatic heterocycles. The lowest BCUT2D eigenvalue weighted by Gasteiger charge is -2.01. The van der Waals surface area contributed by atoms with Crippen molar-refractivity contribution in [3.05, 3.63) is 18.6 Å². The second-order valence-corrected chi connectivity index (χ2v) is 5.37. The zero-order valence-electron chi connectivity index (χ0n) is 9.86. The number of imidazole rings is 1. The molecule has 0 spiro atoms. The Morgan fingerprint density at radius 1 is 1.53 bits per heavy atom. The minimum Gasteiger partial charge on any atom is -0.331 e. The van der Waals surface area contributed by atoms with E-state index in [-0.39, 0.29) is 12.4 Å². The summed E-state index contributed by atoms with van der Waals surface area (Å²) in [6, 6.07) is 0. The molecule has 0 aliphatic heterocycles. The fourth-order valence-corrected chi connectivity index (χ4v) is 1.72. The van der Waals surface area contributed by atoms with Crippen LogP contribution in [0, 0.1) is 0 Å². The summed E-state index contributed by atoms with van der Waals surface area (Å²) >= 11 is 0. The van der Waals surface area contributed by atoms with Gasteiger partial charge in [0.25, 0.3) is 0 Å². The number of nitrogens with zero attached hydrogens (tertiary/aromatic N) is 4. The molecular formula is C8H11N7O3S. The van der Waals surface area contributed by atoms with Crippen LogP contribution >= 0.6 is 0 Å². The Hall–Kier alpha value is -2.43. The van der Waals surface area contributed by atoms with Gasteiger partial charge in [0.05, 0.1) is 12.5 Å². The molecular weight excluding hydrogens is 274 g/mol. The van der Waals surface area contributed by atoms with Crippen molar-refractivity contribution < 1.29 is 13.2 Å². The number of aromatic nitrogens is 5. The molecule has 1 amide bonds. The van der Waals surface area contributed by atoms with Crippen molar-refractivity contribution in [1.82, 2.24) is 25.0 Å². The normalized spacial score (nSPS) is 11.2. The fraction of sp³-hybridized carbons (Fsp3) is 0.250. The highest BCUT2D eigenvalue weighted by Crippen LogP contribution is 2.01. The van der Waals surface area contributed by atoms with Crippen LogP contribution in [-0.2, 0) is 21.4 Å². The maximum absolute atomic E-state index is 11.6. The van der Waals surface area contributed by atoms with E-state index in [0.717, 1.165) is 11.1 Å². The van der Waals surface area contributed by atoms with Gasteiger partial charge < -0.3 is 4.98 Å². The predicted octanol–water partition coefficient (Wildman–Crippen LogP) is -0.989. The summed E-state index contributed by atoms with van der Waals surface area (Å²) in [5, 5.41) is 10.0. The predicted molar refractivity (Wildman–Crippen MR) is 65.7 cm³/mol. The molecule has 11 heteroatoms. The lowest BCUT2D eigenvalue weighted by Crippen LogP contribution is -2.21. The number of hydrogen-bond donors (Lipinski definition) is 3. The molecule has 0 saturated carbocycles. The first-order chi connectivity index (χ1) is 8.92. The average molecular weight is 285 g/mol. The van der Waals surface area contributed by atoms with Gasteiger partial charge in [-0.05, 0) is 0 Å². The van der Waals surface area contributed by atoms with Crippen LogP contribution in [0.1, 0.15) is 0 Å². The molecule has 0 saturated heterocycles. The highest BCUT2D eigenvalue weighted by molar-refractivity contribution is 7.92. The van der Waals surface area contributed by atoms with Gasteiger partial charge >= 0.3 is 0 Å². The van der Waals surface area contributed by atoms with E-state index >= 15 is 0 Å². The molecule has 0 aliphatic rings. The molecule has 0 fully saturated rings. The summed E-state index contributed by atoms with van der Waals surface area (Å²) in [5.41, 5.74) is 0. The lowest BCUT2D eigenvalue weighted by atomic mass is 10.6. The summed E-state index contributed by atoms with van der Waals surface area (Å²) in [4.78, 5) is 19.2. The standard InChI is InChI=1S/C8H11N7O3S/c1-19(17,18)14-6-4-11-15(13-6)5-7(16)12-8-9-2-3-10-8/h2-4H,5H2,1H3,(H,13,14)(H2,9,10,12,16). The highest BCUT2D eigenvalue weighted by atomic mass is 32.2. The van der Waals surface area contributed by atoms with Crippen molar-refractivity contribution >= 4 is 27.7 Å². The molecule has 0 atom stereocenters. The Morgan fingerprint density at radius 2 is 2.32 bits per heavy atom. The van der Waals surface area contributed by atoms with Gasteiger partial charge in [-0.25, -0.2) is 13.4 Å². The highest BCUT2D eigenvalue weighted by Gasteiger charge is 2.09. The number of nitrogens with one attached hydrogen (secondary N) is 3. The molecule has 0 aliphatic carbocycles. The summed E-state index contributed by atoms with van der Waals surface area (Å²) in [6.45, 7) is -0.161. The van der Waals surface area contributed by atoms with Gasteiger partial charge in [-0.3, -0.25) is 14.8 Å². The van der Waals surface area contributed by atoms with Crippen LogP contribution in [0.5, 0.6) is 0 Å². The third kappa shape index (κ3) is 4.06. The molecule has 0 radical (unpaired) electrons. The fourth-order valence-electron chi connectivity index (χ4n) is 1.24. The van der Waals surface area contributed by atoms with E-state index in [1.165, 1.54) is 12.4 Å². The number of carbonyl (C=O) groups is 1. The van der Waals surface area contributed by atoms with Gasteiger partial charge in [0.15, 0.2) is 5.82 Å². The van der Waals surface area contributed by atoms with E-state index in [1.54, 1.807) is 6.20 Å². The second kappa shape index (κ2) is 5.06. The van der Waals surface area contributed by atoms with E-state index in [0.29, 0.717) is 5.95 Å². The number of amides is 1. The number of H-pyrrole nitrogens is 1. The SMILES string of the molecule is CS(=O)(=O)Nc1cnn(CC(=O)Nc2ncc[nH]2)n1. The monoisotopic (exact) mass is 285 g/mol.